The Kier molecular flexibility index (Phi) is 5.45. The molecule has 0 aliphatic carbocycles. The number of benzene rings is 2. The SMILES string of the molecule is C=C(/C=C\C)CCOc1ccc2c(c1)C(C)(CC)Oc1cc(N=O)ccc1-2. The summed E-state index contributed by atoms with van der Waals surface area (Å²) in [5.74, 6) is 1.51. The zero-order valence-electron chi connectivity index (χ0n) is 16.1. The van der Waals surface area contributed by atoms with Gasteiger partial charge in [0.15, 0.2) is 0 Å². The zero-order valence-corrected chi connectivity index (χ0v) is 16.1. The van der Waals surface area contributed by atoms with Crippen LogP contribution >= 0.6 is 0 Å². The Morgan fingerprint density at radius 2 is 2.04 bits per heavy atom. The molecule has 1 aliphatic heterocycles. The summed E-state index contributed by atoms with van der Waals surface area (Å²) in [6, 6.07) is 11.4. The van der Waals surface area contributed by atoms with Gasteiger partial charge in [-0.25, -0.2) is 0 Å². The average Bonchev–Trinajstić information content (AvgIpc) is 2.68. The van der Waals surface area contributed by atoms with Gasteiger partial charge in [0.1, 0.15) is 22.8 Å². The number of allylic oxidation sites excluding steroid dienone is 2. The number of hydrogen-bond donors (Lipinski definition) is 0. The molecule has 1 aliphatic rings. The van der Waals surface area contributed by atoms with E-state index in [9.17, 15) is 4.91 Å². The largest absolute Gasteiger partial charge is 0.493 e. The Morgan fingerprint density at radius 3 is 2.74 bits per heavy atom. The molecule has 4 nitrogen and oxygen atoms in total. The highest BCUT2D eigenvalue weighted by atomic mass is 16.5. The molecule has 0 amide bonds. The Balaban J connectivity index is 1.92. The zero-order chi connectivity index (χ0) is 19.4. The topological polar surface area (TPSA) is 47.9 Å². The Bertz CT molecular complexity index is 900. The second-order valence-corrected chi connectivity index (χ2v) is 6.92. The van der Waals surface area contributed by atoms with Gasteiger partial charge in [0.05, 0.1) is 6.61 Å². The van der Waals surface area contributed by atoms with Crippen LogP contribution < -0.4 is 9.47 Å². The minimum atomic E-state index is -0.488. The summed E-state index contributed by atoms with van der Waals surface area (Å²) in [6.45, 7) is 10.7. The molecule has 2 aromatic rings. The number of nitroso groups, excluding NO2 is 1. The van der Waals surface area contributed by atoms with Crippen molar-refractivity contribution in [2.75, 3.05) is 6.61 Å². The first-order valence-electron chi connectivity index (χ1n) is 9.25. The number of hydrogen-bond acceptors (Lipinski definition) is 4. The van der Waals surface area contributed by atoms with Crippen LogP contribution in [0.2, 0.25) is 0 Å². The van der Waals surface area contributed by atoms with Gasteiger partial charge in [0.2, 0.25) is 0 Å². The molecule has 27 heavy (non-hydrogen) atoms. The summed E-state index contributed by atoms with van der Waals surface area (Å²) >= 11 is 0. The van der Waals surface area contributed by atoms with E-state index in [-0.39, 0.29) is 0 Å². The molecule has 0 saturated heterocycles. The van der Waals surface area contributed by atoms with Gasteiger partial charge in [-0.05, 0) is 55.3 Å². The van der Waals surface area contributed by atoms with Crippen LogP contribution in [-0.4, -0.2) is 6.61 Å². The van der Waals surface area contributed by atoms with Crippen molar-refractivity contribution in [3.63, 3.8) is 0 Å². The van der Waals surface area contributed by atoms with Gasteiger partial charge < -0.3 is 9.47 Å². The third kappa shape index (κ3) is 3.80. The summed E-state index contributed by atoms with van der Waals surface area (Å²) < 4.78 is 12.2. The lowest BCUT2D eigenvalue weighted by atomic mass is 9.83. The fourth-order valence-electron chi connectivity index (χ4n) is 3.34. The summed E-state index contributed by atoms with van der Waals surface area (Å²) in [7, 11) is 0. The molecule has 0 N–H and O–H groups in total. The van der Waals surface area contributed by atoms with Gasteiger partial charge >= 0.3 is 0 Å². The predicted octanol–water partition coefficient (Wildman–Crippen LogP) is 6.67. The monoisotopic (exact) mass is 363 g/mol. The molecular formula is C23H25NO3. The van der Waals surface area contributed by atoms with Crippen LogP contribution in [0.25, 0.3) is 11.1 Å². The van der Waals surface area contributed by atoms with Crippen LogP contribution in [0.1, 0.15) is 39.2 Å². The molecule has 1 heterocycles. The number of rotatable bonds is 7. The van der Waals surface area contributed by atoms with Gasteiger partial charge in [-0.3, -0.25) is 0 Å². The first-order valence-corrected chi connectivity index (χ1v) is 9.25. The summed E-state index contributed by atoms with van der Waals surface area (Å²) in [6.07, 6.45) is 5.55. The third-order valence-electron chi connectivity index (χ3n) is 5.03. The highest BCUT2D eigenvalue weighted by Crippen LogP contribution is 2.48. The predicted molar refractivity (Wildman–Crippen MR) is 110 cm³/mol. The van der Waals surface area contributed by atoms with Gasteiger partial charge in [-0.2, -0.15) is 0 Å². The Morgan fingerprint density at radius 1 is 1.26 bits per heavy atom. The van der Waals surface area contributed by atoms with E-state index in [2.05, 4.69) is 37.7 Å². The number of fused-ring (bicyclic) bond motifs is 3. The maximum absolute atomic E-state index is 10.9. The van der Waals surface area contributed by atoms with E-state index in [1.807, 2.05) is 31.2 Å². The molecule has 3 rings (SSSR count). The second-order valence-electron chi connectivity index (χ2n) is 6.92. The molecule has 2 aromatic carbocycles. The minimum absolute atomic E-state index is 0.372. The minimum Gasteiger partial charge on any atom is -0.493 e. The van der Waals surface area contributed by atoms with Gasteiger partial charge in [0.25, 0.3) is 0 Å². The Hall–Kier alpha value is -2.88. The molecule has 0 saturated carbocycles. The third-order valence-corrected chi connectivity index (χ3v) is 5.03. The highest BCUT2D eigenvalue weighted by molar-refractivity contribution is 5.78. The van der Waals surface area contributed by atoms with Gasteiger partial charge in [-0.15, -0.1) is 4.91 Å². The van der Waals surface area contributed by atoms with Crippen molar-refractivity contribution in [2.45, 2.75) is 39.2 Å². The van der Waals surface area contributed by atoms with Crippen LogP contribution in [0.4, 0.5) is 5.69 Å². The second kappa shape index (κ2) is 7.78. The molecule has 0 bridgehead atoms. The maximum atomic E-state index is 10.9. The van der Waals surface area contributed by atoms with Crippen molar-refractivity contribution >= 4 is 5.69 Å². The molecule has 140 valence electrons. The number of nitrogens with zero attached hydrogens (tertiary/aromatic N) is 1. The van der Waals surface area contributed by atoms with E-state index >= 15 is 0 Å². The molecule has 0 fully saturated rings. The van der Waals surface area contributed by atoms with Crippen molar-refractivity contribution in [1.82, 2.24) is 0 Å². The van der Waals surface area contributed by atoms with Crippen molar-refractivity contribution in [3.05, 3.63) is 71.2 Å². The molecule has 1 atom stereocenters. The van der Waals surface area contributed by atoms with Crippen LogP contribution in [-0.2, 0) is 5.60 Å². The van der Waals surface area contributed by atoms with Crippen LogP contribution in [0.15, 0.2) is 65.9 Å². The lowest BCUT2D eigenvalue weighted by Crippen LogP contribution is -2.32. The first kappa shape index (κ1) is 18.9. The lowest BCUT2D eigenvalue weighted by molar-refractivity contribution is 0.0794. The van der Waals surface area contributed by atoms with Crippen LogP contribution in [0.5, 0.6) is 11.5 Å². The maximum Gasteiger partial charge on any atom is 0.132 e. The van der Waals surface area contributed by atoms with Crippen molar-refractivity contribution in [2.24, 2.45) is 5.18 Å². The average molecular weight is 363 g/mol. The van der Waals surface area contributed by atoms with Crippen LogP contribution in [0, 0.1) is 4.91 Å². The van der Waals surface area contributed by atoms with Crippen molar-refractivity contribution in [3.8, 4) is 22.6 Å². The fraction of sp³-hybridized carbons (Fsp3) is 0.304. The van der Waals surface area contributed by atoms with Gasteiger partial charge in [0, 0.05) is 23.6 Å². The van der Waals surface area contributed by atoms with E-state index in [1.54, 1.807) is 12.1 Å². The van der Waals surface area contributed by atoms with Crippen molar-refractivity contribution < 1.29 is 9.47 Å². The van der Waals surface area contributed by atoms with E-state index in [1.165, 1.54) is 0 Å². The van der Waals surface area contributed by atoms with E-state index in [0.29, 0.717) is 18.0 Å². The fourth-order valence-corrected chi connectivity index (χ4v) is 3.34. The smallest absolute Gasteiger partial charge is 0.132 e. The Labute approximate surface area is 160 Å². The molecule has 4 heteroatoms. The number of ether oxygens (including phenoxy) is 2. The van der Waals surface area contributed by atoms with Gasteiger partial charge in [-0.1, -0.05) is 37.3 Å². The first-order chi connectivity index (χ1) is 13.0. The summed E-state index contributed by atoms with van der Waals surface area (Å²) in [5.41, 5.74) is 4.09. The quantitative estimate of drug-likeness (QED) is 0.408. The summed E-state index contributed by atoms with van der Waals surface area (Å²) in [5, 5.41) is 3.02. The normalized spacial score (nSPS) is 17.7. The molecule has 1 unspecified atom stereocenters. The van der Waals surface area contributed by atoms with Crippen LogP contribution in [0.3, 0.4) is 0 Å². The van der Waals surface area contributed by atoms with Crippen molar-refractivity contribution in [1.29, 1.82) is 0 Å². The standard InChI is InChI=1S/C23H25NO3/c1-5-7-16(3)12-13-26-18-9-11-19-20-10-8-17(24-25)14-22(20)27-23(4,6-2)21(19)15-18/h5,7-11,14-15H,3,6,12-13H2,1-2,4H3/b7-5-. The summed E-state index contributed by atoms with van der Waals surface area (Å²) in [4.78, 5) is 10.9. The molecular weight excluding hydrogens is 338 g/mol. The van der Waals surface area contributed by atoms with E-state index in [4.69, 9.17) is 9.47 Å². The molecule has 0 aromatic heterocycles. The molecule has 0 radical (unpaired) electrons. The lowest BCUT2D eigenvalue weighted by Gasteiger charge is -2.37. The molecule has 0 spiro atoms. The van der Waals surface area contributed by atoms with E-state index in [0.717, 1.165) is 40.9 Å². The highest BCUT2D eigenvalue weighted by Gasteiger charge is 2.35. The van der Waals surface area contributed by atoms with E-state index < -0.39 is 5.60 Å².